The first-order valence-electron chi connectivity index (χ1n) is 4.75. The number of carbonyl (C=O) groups excluding carboxylic acids is 2. The van der Waals surface area contributed by atoms with Crippen LogP contribution in [0.2, 0.25) is 0 Å². The lowest BCUT2D eigenvalue weighted by Gasteiger charge is -2.30. The highest BCUT2D eigenvalue weighted by Crippen LogP contribution is 2.23. The van der Waals surface area contributed by atoms with Crippen LogP contribution in [-0.4, -0.2) is 25.4 Å². The van der Waals surface area contributed by atoms with Crippen molar-refractivity contribution in [2.75, 3.05) is 6.54 Å². The van der Waals surface area contributed by atoms with E-state index in [0.717, 1.165) is 19.3 Å². The van der Waals surface area contributed by atoms with Crippen molar-refractivity contribution in [3.63, 3.8) is 0 Å². The molecule has 4 nitrogen and oxygen atoms in total. The van der Waals surface area contributed by atoms with Gasteiger partial charge in [0.25, 0.3) is 0 Å². The highest BCUT2D eigenvalue weighted by Gasteiger charge is 2.23. The minimum Gasteiger partial charge on any atom is -0.358 e. The predicted molar refractivity (Wildman–Crippen MR) is 49.0 cm³/mol. The minimum atomic E-state index is 0.249. The van der Waals surface area contributed by atoms with Gasteiger partial charge in [0.05, 0.1) is 0 Å². The van der Waals surface area contributed by atoms with Gasteiger partial charge in [-0.15, -0.1) is 0 Å². The van der Waals surface area contributed by atoms with Gasteiger partial charge in [-0.25, -0.2) is 0 Å². The third kappa shape index (κ3) is 3.05. The Balaban J connectivity index is 2.36. The van der Waals surface area contributed by atoms with Crippen molar-refractivity contribution >= 4 is 12.8 Å². The smallest absolute Gasteiger partial charge is 0.207 e. The maximum atomic E-state index is 10.3. The Labute approximate surface area is 78.1 Å². The van der Waals surface area contributed by atoms with Crippen LogP contribution in [0.3, 0.4) is 0 Å². The first-order chi connectivity index (χ1) is 6.38. The summed E-state index contributed by atoms with van der Waals surface area (Å²) < 4.78 is 0. The molecule has 0 aromatic rings. The molecule has 0 bridgehead atoms. The number of rotatable bonds is 5. The van der Waals surface area contributed by atoms with Gasteiger partial charge in [-0.2, -0.15) is 0 Å². The summed E-state index contributed by atoms with van der Waals surface area (Å²) in [6, 6.07) is 0.249. The summed E-state index contributed by atoms with van der Waals surface area (Å²) in [4.78, 5) is 20.4. The van der Waals surface area contributed by atoms with Crippen LogP contribution >= 0.6 is 0 Å². The lowest BCUT2D eigenvalue weighted by atomic mass is 9.84. The van der Waals surface area contributed by atoms with Gasteiger partial charge in [0, 0.05) is 12.6 Å². The fraction of sp³-hybridized carbons (Fsp3) is 0.778. The molecule has 0 aromatic heterocycles. The molecule has 0 radical (unpaired) electrons. The Morgan fingerprint density at radius 2 is 1.92 bits per heavy atom. The SMILES string of the molecule is O=CNCC1CCCCC1NC=O. The van der Waals surface area contributed by atoms with Gasteiger partial charge >= 0.3 is 0 Å². The normalized spacial score (nSPS) is 27.7. The van der Waals surface area contributed by atoms with Gasteiger partial charge in [-0.1, -0.05) is 12.8 Å². The second-order valence-electron chi connectivity index (χ2n) is 3.46. The van der Waals surface area contributed by atoms with Gasteiger partial charge < -0.3 is 10.6 Å². The van der Waals surface area contributed by atoms with Crippen molar-refractivity contribution in [1.82, 2.24) is 10.6 Å². The number of carbonyl (C=O) groups is 2. The Morgan fingerprint density at radius 1 is 1.15 bits per heavy atom. The molecule has 0 aromatic carbocycles. The molecule has 0 saturated heterocycles. The third-order valence-electron chi connectivity index (χ3n) is 2.65. The molecule has 0 aliphatic heterocycles. The van der Waals surface area contributed by atoms with Gasteiger partial charge in [-0.05, 0) is 18.8 Å². The van der Waals surface area contributed by atoms with E-state index in [0.29, 0.717) is 18.9 Å². The van der Waals surface area contributed by atoms with Crippen LogP contribution in [0.5, 0.6) is 0 Å². The lowest BCUT2D eigenvalue weighted by Crippen LogP contribution is -2.42. The number of hydrogen-bond acceptors (Lipinski definition) is 2. The number of hydrogen-bond donors (Lipinski definition) is 2. The first-order valence-corrected chi connectivity index (χ1v) is 4.75. The largest absolute Gasteiger partial charge is 0.358 e. The molecular formula is C9H16N2O2. The summed E-state index contributed by atoms with van der Waals surface area (Å²) in [6.45, 7) is 0.676. The first kappa shape index (κ1) is 10.0. The molecule has 4 heteroatoms. The van der Waals surface area contributed by atoms with Crippen LogP contribution in [0.4, 0.5) is 0 Å². The van der Waals surface area contributed by atoms with Crippen LogP contribution in [-0.2, 0) is 9.59 Å². The molecule has 2 N–H and O–H groups in total. The standard InChI is InChI=1S/C9H16N2O2/c12-6-10-5-8-3-1-2-4-9(8)11-7-13/h6-9H,1-5H2,(H,10,12)(H,11,13). The van der Waals surface area contributed by atoms with Crippen LogP contribution in [0.25, 0.3) is 0 Å². The summed E-state index contributed by atoms with van der Waals surface area (Å²) in [6.07, 6.45) is 5.96. The Kier molecular flexibility index (Phi) is 4.29. The van der Waals surface area contributed by atoms with Crippen molar-refractivity contribution in [3.05, 3.63) is 0 Å². The van der Waals surface area contributed by atoms with E-state index in [1.54, 1.807) is 0 Å². The molecule has 1 saturated carbocycles. The Morgan fingerprint density at radius 3 is 2.62 bits per heavy atom. The van der Waals surface area contributed by atoms with E-state index in [1.807, 2.05) is 0 Å². The zero-order valence-corrected chi connectivity index (χ0v) is 7.66. The zero-order chi connectivity index (χ0) is 9.52. The maximum Gasteiger partial charge on any atom is 0.207 e. The van der Waals surface area contributed by atoms with E-state index in [1.165, 1.54) is 12.8 Å². The van der Waals surface area contributed by atoms with Crippen molar-refractivity contribution in [2.45, 2.75) is 31.7 Å². The molecule has 1 rings (SSSR count). The molecular weight excluding hydrogens is 168 g/mol. The van der Waals surface area contributed by atoms with Gasteiger partial charge in [-0.3, -0.25) is 9.59 Å². The van der Waals surface area contributed by atoms with Crippen LogP contribution in [0.15, 0.2) is 0 Å². The predicted octanol–water partition coefficient (Wildman–Crippen LogP) is 0.0372. The highest BCUT2D eigenvalue weighted by atomic mass is 16.1. The van der Waals surface area contributed by atoms with Crippen molar-refractivity contribution in [3.8, 4) is 0 Å². The number of nitrogens with one attached hydrogen (secondary N) is 2. The summed E-state index contributed by atoms with van der Waals surface area (Å²) in [5.74, 6) is 0.407. The summed E-state index contributed by atoms with van der Waals surface area (Å²) in [7, 11) is 0. The molecule has 2 unspecified atom stereocenters. The molecule has 2 atom stereocenters. The van der Waals surface area contributed by atoms with Crippen molar-refractivity contribution < 1.29 is 9.59 Å². The summed E-state index contributed by atoms with van der Waals surface area (Å²) in [5, 5.41) is 5.48. The van der Waals surface area contributed by atoms with Crippen molar-refractivity contribution in [2.24, 2.45) is 5.92 Å². The zero-order valence-electron chi connectivity index (χ0n) is 7.66. The fourth-order valence-electron chi connectivity index (χ4n) is 1.96. The quantitative estimate of drug-likeness (QED) is 0.592. The Bertz CT molecular complexity index is 173. The van der Waals surface area contributed by atoms with E-state index < -0.39 is 0 Å². The second-order valence-corrected chi connectivity index (χ2v) is 3.46. The second kappa shape index (κ2) is 5.56. The molecule has 1 aliphatic carbocycles. The van der Waals surface area contributed by atoms with Crippen LogP contribution in [0.1, 0.15) is 25.7 Å². The van der Waals surface area contributed by atoms with Gasteiger partial charge in [0.2, 0.25) is 12.8 Å². The average Bonchev–Trinajstić information content (AvgIpc) is 2.17. The summed E-state index contributed by atoms with van der Waals surface area (Å²) in [5.41, 5.74) is 0. The number of amides is 2. The van der Waals surface area contributed by atoms with Crippen molar-refractivity contribution in [1.29, 1.82) is 0 Å². The van der Waals surface area contributed by atoms with Gasteiger partial charge in [0.15, 0.2) is 0 Å². The lowest BCUT2D eigenvalue weighted by molar-refractivity contribution is -0.110. The van der Waals surface area contributed by atoms with Crippen LogP contribution in [0, 0.1) is 5.92 Å². The van der Waals surface area contributed by atoms with Gasteiger partial charge in [0.1, 0.15) is 0 Å². The molecule has 2 amide bonds. The van der Waals surface area contributed by atoms with E-state index in [9.17, 15) is 9.59 Å². The van der Waals surface area contributed by atoms with E-state index in [2.05, 4.69) is 10.6 Å². The monoisotopic (exact) mass is 184 g/mol. The molecule has 0 spiro atoms. The fourth-order valence-corrected chi connectivity index (χ4v) is 1.96. The Hall–Kier alpha value is -1.06. The minimum absolute atomic E-state index is 0.249. The molecule has 74 valence electrons. The highest BCUT2D eigenvalue weighted by molar-refractivity contribution is 5.47. The van der Waals surface area contributed by atoms with E-state index in [-0.39, 0.29) is 6.04 Å². The maximum absolute atomic E-state index is 10.3. The average molecular weight is 184 g/mol. The summed E-state index contributed by atoms with van der Waals surface area (Å²) >= 11 is 0. The molecule has 0 heterocycles. The van der Waals surface area contributed by atoms with E-state index >= 15 is 0 Å². The molecule has 1 aliphatic rings. The van der Waals surface area contributed by atoms with Crippen LogP contribution < -0.4 is 10.6 Å². The topological polar surface area (TPSA) is 58.2 Å². The van der Waals surface area contributed by atoms with E-state index in [4.69, 9.17) is 0 Å². The molecule has 1 fully saturated rings. The molecule has 13 heavy (non-hydrogen) atoms. The third-order valence-corrected chi connectivity index (χ3v) is 2.65.